The molecular weight excluding hydrogens is 499 g/mol. The van der Waals surface area contributed by atoms with Gasteiger partial charge in [-0.25, -0.2) is 0 Å². The number of halogens is 2. The summed E-state index contributed by atoms with van der Waals surface area (Å²) in [5, 5.41) is 14.0. The predicted molar refractivity (Wildman–Crippen MR) is 135 cm³/mol. The van der Waals surface area contributed by atoms with Gasteiger partial charge in [0.25, 0.3) is 0 Å². The minimum atomic E-state index is -0.600. The van der Waals surface area contributed by atoms with Gasteiger partial charge in [-0.2, -0.15) is 5.10 Å². The lowest BCUT2D eigenvalue weighted by molar-refractivity contribution is -0.122. The average Bonchev–Trinajstić information content (AvgIpc) is 3.43. The molecule has 174 valence electrons. The molecule has 2 amide bonds. The van der Waals surface area contributed by atoms with Crippen LogP contribution >= 0.6 is 35.0 Å². The number of anilines is 1. The molecule has 3 aromatic rings. The number of furan rings is 1. The summed E-state index contributed by atoms with van der Waals surface area (Å²) < 4.78 is 10.8. The lowest BCUT2D eigenvalue weighted by Crippen LogP contribution is -2.28. The van der Waals surface area contributed by atoms with Crippen molar-refractivity contribution in [3.63, 3.8) is 0 Å². The van der Waals surface area contributed by atoms with Crippen molar-refractivity contribution in [2.75, 3.05) is 12.4 Å². The van der Waals surface area contributed by atoms with Crippen LogP contribution in [0.1, 0.15) is 12.2 Å². The molecule has 0 aliphatic carbocycles. The van der Waals surface area contributed by atoms with Crippen LogP contribution in [0.15, 0.2) is 69.2 Å². The summed E-state index contributed by atoms with van der Waals surface area (Å²) >= 11 is 13.1. The van der Waals surface area contributed by atoms with E-state index >= 15 is 0 Å². The van der Waals surface area contributed by atoms with Gasteiger partial charge in [-0.1, -0.05) is 35.0 Å². The quantitative estimate of drug-likeness (QED) is 0.331. The van der Waals surface area contributed by atoms with E-state index in [1.165, 1.54) is 6.21 Å². The second-order valence-corrected chi connectivity index (χ2v) is 9.06. The molecule has 8 nitrogen and oxygen atoms in total. The molecule has 1 aromatic heterocycles. The highest BCUT2D eigenvalue weighted by Crippen LogP contribution is 2.29. The predicted octanol–water partition coefficient (Wildman–Crippen LogP) is 5.21. The van der Waals surface area contributed by atoms with Crippen molar-refractivity contribution < 1.29 is 18.7 Å². The molecule has 1 fully saturated rings. The summed E-state index contributed by atoms with van der Waals surface area (Å²) in [5.74, 6) is 1.16. The highest BCUT2D eigenvalue weighted by atomic mass is 35.5. The standard InChI is InChI=1S/C23H18Cl2N4O4S/c1-32-15-5-3-14(4-6-15)27-21(30)11-20-22(31)28-23(34-20)29-26-12-16-7-9-19(33-16)13-2-8-17(24)18(25)10-13/h2-10,12,20H,11H2,1H3,(H,27,30)(H,28,29,31)/b26-12+. The van der Waals surface area contributed by atoms with Crippen molar-refractivity contribution >= 4 is 63.8 Å². The van der Waals surface area contributed by atoms with E-state index in [9.17, 15) is 9.59 Å². The fourth-order valence-corrected chi connectivity index (χ4v) is 4.23. The van der Waals surface area contributed by atoms with Crippen LogP contribution in [-0.2, 0) is 9.59 Å². The van der Waals surface area contributed by atoms with Gasteiger partial charge >= 0.3 is 0 Å². The number of hydrogen-bond acceptors (Lipinski definition) is 7. The fourth-order valence-electron chi connectivity index (χ4n) is 3.01. The van der Waals surface area contributed by atoms with Crippen molar-refractivity contribution in [3.8, 4) is 17.1 Å². The fraction of sp³-hybridized carbons (Fsp3) is 0.130. The average molecular weight is 517 g/mol. The van der Waals surface area contributed by atoms with Crippen LogP contribution in [0.5, 0.6) is 5.75 Å². The van der Waals surface area contributed by atoms with Crippen molar-refractivity contribution in [2.45, 2.75) is 11.7 Å². The first-order valence-electron chi connectivity index (χ1n) is 9.99. The molecular formula is C23H18Cl2N4O4S. The monoisotopic (exact) mass is 516 g/mol. The number of methoxy groups -OCH3 is 1. The highest BCUT2D eigenvalue weighted by Gasteiger charge is 2.32. The summed E-state index contributed by atoms with van der Waals surface area (Å²) in [4.78, 5) is 24.5. The number of thioether (sulfide) groups is 1. The number of hydrogen-bond donors (Lipinski definition) is 2. The Morgan fingerprint density at radius 2 is 1.97 bits per heavy atom. The van der Waals surface area contributed by atoms with E-state index < -0.39 is 5.25 Å². The zero-order valence-corrected chi connectivity index (χ0v) is 20.1. The van der Waals surface area contributed by atoms with E-state index in [1.54, 1.807) is 61.7 Å². The molecule has 0 saturated carbocycles. The molecule has 0 radical (unpaired) electrons. The number of amidine groups is 1. The number of carbonyl (C=O) groups excluding carboxylic acids is 2. The molecule has 1 atom stereocenters. The first-order valence-corrected chi connectivity index (χ1v) is 11.6. The van der Waals surface area contributed by atoms with E-state index in [1.807, 2.05) is 0 Å². The van der Waals surface area contributed by atoms with Gasteiger partial charge in [-0.05, 0) is 54.6 Å². The molecule has 1 saturated heterocycles. The largest absolute Gasteiger partial charge is 0.497 e. The number of amides is 2. The molecule has 1 unspecified atom stereocenters. The van der Waals surface area contributed by atoms with Crippen molar-refractivity contribution in [1.82, 2.24) is 5.32 Å². The lowest BCUT2D eigenvalue weighted by atomic mass is 10.2. The Hall–Kier alpha value is -3.27. The van der Waals surface area contributed by atoms with Crippen molar-refractivity contribution in [1.29, 1.82) is 0 Å². The van der Waals surface area contributed by atoms with Crippen LogP contribution in [-0.4, -0.2) is 35.6 Å². The van der Waals surface area contributed by atoms with Gasteiger partial charge in [0.2, 0.25) is 11.8 Å². The maximum Gasteiger partial charge on any atom is 0.240 e. The zero-order valence-electron chi connectivity index (χ0n) is 17.7. The molecule has 34 heavy (non-hydrogen) atoms. The Kier molecular flexibility index (Phi) is 7.56. The molecule has 1 aliphatic heterocycles. The lowest BCUT2D eigenvalue weighted by Gasteiger charge is -2.08. The zero-order chi connectivity index (χ0) is 24.1. The summed E-state index contributed by atoms with van der Waals surface area (Å²) in [6.45, 7) is 0. The number of benzene rings is 2. The maximum atomic E-state index is 12.3. The Labute approximate surface area is 209 Å². The Bertz CT molecular complexity index is 1270. The Morgan fingerprint density at radius 3 is 2.71 bits per heavy atom. The molecule has 2 heterocycles. The van der Waals surface area contributed by atoms with Gasteiger partial charge in [0.05, 0.1) is 23.4 Å². The van der Waals surface area contributed by atoms with Crippen molar-refractivity contribution in [3.05, 3.63) is 70.4 Å². The van der Waals surface area contributed by atoms with Crippen LogP contribution in [0.2, 0.25) is 10.0 Å². The molecule has 2 aromatic carbocycles. The summed E-state index contributed by atoms with van der Waals surface area (Å²) in [7, 11) is 1.57. The van der Waals surface area contributed by atoms with Gasteiger partial charge in [-0.15, -0.1) is 5.10 Å². The van der Waals surface area contributed by atoms with Gasteiger partial charge in [0.1, 0.15) is 22.5 Å². The highest BCUT2D eigenvalue weighted by molar-refractivity contribution is 8.15. The van der Waals surface area contributed by atoms with Crippen molar-refractivity contribution in [2.24, 2.45) is 10.2 Å². The first kappa shape index (κ1) is 23.9. The van der Waals surface area contributed by atoms with Crippen LogP contribution in [0, 0.1) is 0 Å². The smallest absolute Gasteiger partial charge is 0.240 e. The number of nitrogens with zero attached hydrogens (tertiary/aromatic N) is 2. The third kappa shape index (κ3) is 5.99. The van der Waals surface area contributed by atoms with Crippen LogP contribution in [0.25, 0.3) is 11.3 Å². The van der Waals surface area contributed by atoms with Gasteiger partial charge in [0.15, 0.2) is 5.17 Å². The molecule has 0 bridgehead atoms. The third-order valence-electron chi connectivity index (χ3n) is 4.69. The van der Waals surface area contributed by atoms with E-state index in [0.717, 1.165) is 17.3 Å². The molecule has 2 N–H and O–H groups in total. The van der Waals surface area contributed by atoms with E-state index in [-0.39, 0.29) is 18.2 Å². The SMILES string of the molecule is COc1ccc(NC(=O)CC2S/C(=N\N=C\c3ccc(-c4ccc(Cl)c(Cl)c4)o3)NC2=O)cc1. The second-order valence-electron chi connectivity index (χ2n) is 7.06. The van der Waals surface area contributed by atoms with Gasteiger partial charge in [-0.3, -0.25) is 9.59 Å². The Balaban J connectivity index is 1.32. The minimum Gasteiger partial charge on any atom is -0.497 e. The number of ether oxygens (including phenoxy) is 1. The van der Waals surface area contributed by atoms with E-state index in [0.29, 0.717) is 38.2 Å². The summed E-state index contributed by atoms with van der Waals surface area (Å²) in [6, 6.07) is 15.6. The first-order chi connectivity index (χ1) is 16.4. The number of rotatable bonds is 7. The number of nitrogens with one attached hydrogen (secondary N) is 2. The molecule has 1 aliphatic rings. The van der Waals surface area contributed by atoms with Crippen LogP contribution in [0.4, 0.5) is 5.69 Å². The summed E-state index contributed by atoms with van der Waals surface area (Å²) in [6.07, 6.45) is 1.42. The van der Waals surface area contributed by atoms with Gasteiger partial charge < -0.3 is 19.8 Å². The second kappa shape index (κ2) is 10.8. The number of carbonyl (C=O) groups is 2. The van der Waals surface area contributed by atoms with Crippen LogP contribution < -0.4 is 15.4 Å². The van der Waals surface area contributed by atoms with Crippen LogP contribution in [0.3, 0.4) is 0 Å². The van der Waals surface area contributed by atoms with E-state index in [2.05, 4.69) is 20.8 Å². The molecule has 4 rings (SSSR count). The normalized spacial score (nSPS) is 16.7. The molecule has 0 spiro atoms. The topological polar surface area (TPSA) is 105 Å². The maximum absolute atomic E-state index is 12.3. The van der Waals surface area contributed by atoms with Gasteiger partial charge in [0, 0.05) is 17.7 Å². The third-order valence-corrected chi connectivity index (χ3v) is 6.50. The summed E-state index contributed by atoms with van der Waals surface area (Å²) in [5.41, 5.74) is 1.39. The minimum absolute atomic E-state index is 0.00351. The Morgan fingerprint density at radius 1 is 1.18 bits per heavy atom. The molecule has 11 heteroatoms. The van der Waals surface area contributed by atoms with E-state index in [4.69, 9.17) is 32.4 Å².